The lowest BCUT2D eigenvalue weighted by molar-refractivity contribution is -0.115. The Morgan fingerprint density at radius 1 is 1.04 bits per heavy atom. The summed E-state index contributed by atoms with van der Waals surface area (Å²) in [7, 11) is 0. The largest absolute Gasteiger partial charge is 0.326 e. The molecule has 0 fully saturated rings. The summed E-state index contributed by atoms with van der Waals surface area (Å²) in [6.45, 7) is 2.02. The summed E-state index contributed by atoms with van der Waals surface area (Å²) in [5.41, 5.74) is 3.83. The average Bonchev–Trinajstić information content (AvgIpc) is 3.09. The summed E-state index contributed by atoms with van der Waals surface area (Å²) in [5.74, 6) is 6.23. The lowest BCUT2D eigenvalue weighted by atomic mass is 10.1. The molecule has 0 atom stereocenters. The molecule has 0 unspecified atom stereocenters. The van der Waals surface area contributed by atoms with E-state index in [-0.39, 0.29) is 5.91 Å². The predicted octanol–water partition coefficient (Wildman–Crippen LogP) is 4.64. The molecule has 0 spiro atoms. The Bertz CT molecular complexity index is 901. The number of aryl methyl sites for hydroxylation is 1. The Labute approximate surface area is 146 Å². The van der Waals surface area contributed by atoms with Gasteiger partial charge in [0.05, 0.1) is 11.3 Å². The number of hydrogen-bond acceptors (Lipinski definition) is 2. The van der Waals surface area contributed by atoms with Crippen LogP contribution in [0.25, 0.3) is 0 Å². The van der Waals surface area contributed by atoms with E-state index >= 15 is 0 Å². The molecule has 118 valence electrons. The van der Waals surface area contributed by atoms with Crippen molar-refractivity contribution in [1.82, 2.24) is 0 Å². The highest BCUT2D eigenvalue weighted by Crippen LogP contribution is 2.13. The SMILES string of the molecule is Cc1ccccc1CC(=O)Nc1cccc(C#Cc2cccs2)c1. The van der Waals surface area contributed by atoms with Crippen molar-refractivity contribution in [3.05, 3.63) is 87.6 Å². The number of amides is 1. The zero-order chi connectivity index (χ0) is 16.8. The molecular weight excluding hydrogens is 314 g/mol. The fourth-order valence-corrected chi connectivity index (χ4v) is 2.92. The molecule has 1 amide bonds. The molecule has 0 saturated carbocycles. The van der Waals surface area contributed by atoms with E-state index in [1.54, 1.807) is 11.3 Å². The van der Waals surface area contributed by atoms with Crippen LogP contribution in [0.3, 0.4) is 0 Å². The normalized spacial score (nSPS) is 9.88. The van der Waals surface area contributed by atoms with Gasteiger partial charge in [-0.1, -0.05) is 48.2 Å². The predicted molar refractivity (Wildman–Crippen MR) is 100 cm³/mol. The number of hydrogen-bond donors (Lipinski definition) is 1. The van der Waals surface area contributed by atoms with Crippen LogP contribution >= 0.6 is 11.3 Å². The molecule has 2 aromatic carbocycles. The van der Waals surface area contributed by atoms with Gasteiger partial charge in [0.15, 0.2) is 0 Å². The topological polar surface area (TPSA) is 29.1 Å². The summed E-state index contributed by atoms with van der Waals surface area (Å²) < 4.78 is 0. The minimum Gasteiger partial charge on any atom is -0.326 e. The Morgan fingerprint density at radius 2 is 1.92 bits per heavy atom. The quantitative estimate of drug-likeness (QED) is 0.696. The van der Waals surface area contributed by atoms with Gasteiger partial charge in [-0.25, -0.2) is 0 Å². The monoisotopic (exact) mass is 331 g/mol. The standard InChI is InChI=1S/C21H17NOS/c1-16-6-2-3-8-18(16)15-21(23)22-19-9-4-7-17(14-19)11-12-20-10-5-13-24-20/h2-10,13-14H,15H2,1H3,(H,22,23). The van der Waals surface area contributed by atoms with Crippen LogP contribution in [0.4, 0.5) is 5.69 Å². The fourth-order valence-electron chi connectivity index (χ4n) is 2.34. The second kappa shape index (κ2) is 7.63. The van der Waals surface area contributed by atoms with Crippen molar-refractivity contribution in [3.8, 4) is 11.8 Å². The van der Waals surface area contributed by atoms with Gasteiger partial charge >= 0.3 is 0 Å². The first-order valence-corrected chi connectivity index (χ1v) is 8.58. The van der Waals surface area contributed by atoms with Gasteiger partial charge in [-0.3, -0.25) is 4.79 Å². The van der Waals surface area contributed by atoms with Gasteiger partial charge in [0.25, 0.3) is 0 Å². The zero-order valence-corrected chi connectivity index (χ0v) is 14.2. The lowest BCUT2D eigenvalue weighted by Gasteiger charge is -2.07. The van der Waals surface area contributed by atoms with Crippen LogP contribution in [-0.2, 0) is 11.2 Å². The fraction of sp³-hybridized carbons (Fsp3) is 0.0952. The van der Waals surface area contributed by atoms with Crippen LogP contribution in [0, 0.1) is 18.8 Å². The van der Waals surface area contributed by atoms with Gasteiger partial charge in [0.1, 0.15) is 0 Å². The third kappa shape index (κ3) is 4.34. The summed E-state index contributed by atoms with van der Waals surface area (Å²) in [6.07, 6.45) is 0.373. The van der Waals surface area contributed by atoms with Crippen molar-refractivity contribution >= 4 is 22.9 Å². The van der Waals surface area contributed by atoms with Crippen molar-refractivity contribution in [2.45, 2.75) is 13.3 Å². The van der Waals surface area contributed by atoms with E-state index in [4.69, 9.17) is 0 Å². The summed E-state index contributed by atoms with van der Waals surface area (Å²) in [5, 5.41) is 4.95. The van der Waals surface area contributed by atoms with Crippen LogP contribution in [-0.4, -0.2) is 5.91 Å². The summed E-state index contributed by atoms with van der Waals surface area (Å²) in [4.78, 5) is 13.3. The molecule has 1 N–H and O–H groups in total. The molecule has 0 aliphatic carbocycles. The Balaban J connectivity index is 1.68. The third-order valence-electron chi connectivity index (χ3n) is 3.61. The summed E-state index contributed by atoms with van der Waals surface area (Å²) >= 11 is 1.62. The van der Waals surface area contributed by atoms with Gasteiger partial charge in [0, 0.05) is 11.3 Å². The average molecular weight is 331 g/mol. The molecule has 1 heterocycles. The lowest BCUT2D eigenvalue weighted by Crippen LogP contribution is -2.15. The Morgan fingerprint density at radius 3 is 2.71 bits per heavy atom. The van der Waals surface area contributed by atoms with Gasteiger partial charge in [-0.2, -0.15) is 0 Å². The van der Waals surface area contributed by atoms with E-state index in [1.807, 2.05) is 73.0 Å². The first-order chi connectivity index (χ1) is 11.7. The van der Waals surface area contributed by atoms with Crippen molar-refractivity contribution in [1.29, 1.82) is 0 Å². The van der Waals surface area contributed by atoms with Crippen molar-refractivity contribution in [3.63, 3.8) is 0 Å². The molecule has 0 saturated heterocycles. The molecule has 0 aliphatic heterocycles. The van der Waals surface area contributed by atoms with E-state index in [0.29, 0.717) is 6.42 Å². The molecule has 3 aromatic rings. The Kier molecular flexibility index (Phi) is 5.10. The third-order valence-corrected chi connectivity index (χ3v) is 4.40. The van der Waals surface area contributed by atoms with Crippen molar-refractivity contribution in [2.75, 3.05) is 5.32 Å². The number of nitrogens with one attached hydrogen (secondary N) is 1. The number of anilines is 1. The van der Waals surface area contributed by atoms with Crippen molar-refractivity contribution in [2.24, 2.45) is 0 Å². The molecular formula is C21H17NOS. The van der Waals surface area contributed by atoms with Gasteiger partial charge in [-0.05, 0) is 47.7 Å². The van der Waals surface area contributed by atoms with Crippen LogP contribution < -0.4 is 5.32 Å². The maximum Gasteiger partial charge on any atom is 0.228 e. The highest BCUT2D eigenvalue weighted by Gasteiger charge is 2.06. The molecule has 3 rings (SSSR count). The molecule has 2 nitrogen and oxygen atoms in total. The van der Waals surface area contributed by atoms with E-state index in [1.165, 1.54) is 0 Å². The minimum absolute atomic E-state index is 0.0207. The van der Waals surface area contributed by atoms with Crippen LogP contribution in [0.1, 0.15) is 21.6 Å². The highest BCUT2D eigenvalue weighted by atomic mass is 32.1. The molecule has 0 radical (unpaired) electrons. The van der Waals surface area contributed by atoms with E-state index in [9.17, 15) is 4.79 Å². The molecule has 24 heavy (non-hydrogen) atoms. The highest BCUT2D eigenvalue weighted by molar-refractivity contribution is 7.10. The van der Waals surface area contributed by atoms with E-state index in [2.05, 4.69) is 17.2 Å². The second-order valence-electron chi connectivity index (χ2n) is 5.46. The maximum atomic E-state index is 12.2. The second-order valence-corrected chi connectivity index (χ2v) is 6.41. The minimum atomic E-state index is -0.0207. The van der Waals surface area contributed by atoms with Gasteiger partial charge in [-0.15, -0.1) is 11.3 Å². The molecule has 3 heteroatoms. The Hall–Kier alpha value is -2.83. The first-order valence-electron chi connectivity index (χ1n) is 7.71. The zero-order valence-electron chi connectivity index (χ0n) is 13.4. The molecule has 0 aliphatic rings. The van der Waals surface area contributed by atoms with Crippen LogP contribution in [0.5, 0.6) is 0 Å². The van der Waals surface area contributed by atoms with E-state index in [0.717, 1.165) is 27.3 Å². The van der Waals surface area contributed by atoms with Gasteiger partial charge in [0.2, 0.25) is 5.91 Å². The van der Waals surface area contributed by atoms with Crippen LogP contribution in [0.2, 0.25) is 0 Å². The van der Waals surface area contributed by atoms with E-state index < -0.39 is 0 Å². The first kappa shape index (κ1) is 16.0. The van der Waals surface area contributed by atoms with Gasteiger partial charge < -0.3 is 5.32 Å². The number of thiophene rings is 1. The maximum absolute atomic E-state index is 12.2. The number of benzene rings is 2. The van der Waals surface area contributed by atoms with Crippen LogP contribution in [0.15, 0.2) is 66.0 Å². The number of carbonyl (C=O) groups excluding carboxylic acids is 1. The smallest absolute Gasteiger partial charge is 0.228 e. The number of carbonyl (C=O) groups is 1. The molecule has 0 bridgehead atoms. The van der Waals surface area contributed by atoms with Crippen molar-refractivity contribution < 1.29 is 4.79 Å². The molecule has 1 aromatic heterocycles. The number of rotatable bonds is 3. The summed E-state index contributed by atoms with van der Waals surface area (Å²) in [6, 6.07) is 19.5.